The van der Waals surface area contributed by atoms with Crippen molar-refractivity contribution in [2.45, 2.75) is 44.3 Å². The summed E-state index contributed by atoms with van der Waals surface area (Å²) in [6.45, 7) is 1.75. The van der Waals surface area contributed by atoms with Gasteiger partial charge in [-0.15, -0.1) is 0 Å². The van der Waals surface area contributed by atoms with Crippen LogP contribution in [-0.4, -0.2) is 29.0 Å². The molecule has 0 aromatic carbocycles. The number of aromatic nitrogens is 1. The second kappa shape index (κ2) is 5.40. The number of thiophene rings is 1. The molecular formula is C15H17N3O3S. The minimum absolute atomic E-state index is 0.0343. The molecule has 0 radical (unpaired) electrons. The van der Waals surface area contributed by atoms with Gasteiger partial charge in [-0.2, -0.15) is 0 Å². The van der Waals surface area contributed by atoms with E-state index in [-0.39, 0.29) is 11.9 Å². The third-order valence-electron chi connectivity index (χ3n) is 4.22. The number of carbonyl (C=O) groups excluding carboxylic acids is 1. The molecule has 116 valence electrons. The van der Waals surface area contributed by atoms with Crippen LogP contribution in [0.15, 0.2) is 22.7 Å². The first-order valence-corrected chi connectivity index (χ1v) is 8.26. The normalized spacial score (nSPS) is 26.3. The van der Waals surface area contributed by atoms with Gasteiger partial charge in [-0.25, -0.2) is 4.98 Å². The van der Waals surface area contributed by atoms with Crippen LogP contribution in [0.2, 0.25) is 0 Å². The highest BCUT2D eigenvalue weighted by Gasteiger charge is 2.39. The SMILES string of the molecule is Cc1ncc(Oc2ccc(C(=O)NC3CC4CCC3N4)s2)o1. The summed E-state index contributed by atoms with van der Waals surface area (Å²) in [6.07, 6.45) is 4.93. The lowest BCUT2D eigenvalue weighted by Gasteiger charge is -2.20. The van der Waals surface area contributed by atoms with Gasteiger partial charge in [-0.05, 0) is 31.4 Å². The third-order valence-corrected chi connectivity index (χ3v) is 5.18. The molecule has 2 saturated heterocycles. The van der Waals surface area contributed by atoms with Crippen molar-refractivity contribution in [2.75, 3.05) is 0 Å². The fraction of sp³-hybridized carbons (Fsp3) is 0.467. The number of hydrogen-bond acceptors (Lipinski definition) is 6. The van der Waals surface area contributed by atoms with E-state index in [0.717, 1.165) is 12.8 Å². The Hall–Kier alpha value is -1.86. The van der Waals surface area contributed by atoms with E-state index in [1.165, 1.54) is 24.0 Å². The molecule has 22 heavy (non-hydrogen) atoms. The Labute approximate surface area is 131 Å². The van der Waals surface area contributed by atoms with Crippen molar-refractivity contribution in [3.8, 4) is 11.0 Å². The van der Waals surface area contributed by atoms with Gasteiger partial charge in [-0.1, -0.05) is 11.3 Å². The van der Waals surface area contributed by atoms with E-state index in [9.17, 15) is 4.79 Å². The zero-order valence-electron chi connectivity index (χ0n) is 12.2. The second-order valence-electron chi connectivity index (χ2n) is 5.78. The van der Waals surface area contributed by atoms with E-state index in [0.29, 0.717) is 33.9 Å². The summed E-state index contributed by atoms with van der Waals surface area (Å²) >= 11 is 1.31. The minimum Gasteiger partial charge on any atom is -0.414 e. The Morgan fingerprint density at radius 3 is 3.09 bits per heavy atom. The summed E-state index contributed by atoms with van der Waals surface area (Å²) in [5.41, 5.74) is 0. The van der Waals surface area contributed by atoms with E-state index in [4.69, 9.17) is 9.15 Å². The average molecular weight is 319 g/mol. The summed E-state index contributed by atoms with van der Waals surface area (Å²) in [6, 6.07) is 4.80. The maximum Gasteiger partial charge on any atom is 0.311 e. The molecule has 2 aromatic rings. The number of hydrogen-bond donors (Lipinski definition) is 2. The van der Waals surface area contributed by atoms with Gasteiger partial charge < -0.3 is 19.8 Å². The van der Waals surface area contributed by atoms with Gasteiger partial charge in [0.25, 0.3) is 5.91 Å². The first-order chi connectivity index (χ1) is 10.7. The lowest BCUT2D eigenvalue weighted by molar-refractivity contribution is 0.0935. The molecule has 0 spiro atoms. The fourth-order valence-corrected chi connectivity index (χ4v) is 3.97. The Bertz CT molecular complexity index is 696. The minimum atomic E-state index is -0.0343. The van der Waals surface area contributed by atoms with Gasteiger partial charge in [-0.3, -0.25) is 4.79 Å². The second-order valence-corrected chi connectivity index (χ2v) is 6.83. The molecule has 2 aromatic heterocycles. The molecule has 6 nitrogen and oxygen atoms in total. The highest BCUT2D eigenvalue weighted by molar-refractivity contribution is 7.15. The van der Waals surface area contributed by atoms with Crippen LogP contribution < -0.4 is 15.4 Å². The van der Waals surface area contributed by atoms with Gasteiger partial charge in [0, 0.05) is 25.0 Å². The average Bonchev–Trinajstić information content (AvgIpc) is 3.24. The molecule has 0 saturated carbocycles. The quantitative estimate of drug-likeness (QED) is 0.905. The van der Waals surface area contributed by atoms with Crippen LogP contribution in [0.4, 0.5) is 0 Å². The molecule has 2 N–H and O–H groups in total. The lowest BCUT2D eigenvalue weighted by Crippen LogP contribution is -2.42. The Morgan fingerprint density at radius 1 is 1.50 bits per heavy atom. The molecule has 7 heteroatoms. The largest absolute Gasteiger partial charge is 0.414 e. The van der Waals surface area contributed by atoms with Crippen molar-refractivity contribution < 1.29 is 13.9 Å². The number of oxazole rings is 1. The molecule has 4 heterocycles. The monoisotopic (exact) mass is 319 g/mol. The molecule has 3 unspecified atom stereocenters. The van der Waals surface area contributed by atoms with Crippen LogP contribution in [0.1, 0.15) is 34.8 Å². The first kappa shape index (κ1) is 13.8. The topological polar surface area (TPSA) is 76.4 Å². The van der Waals surface area contributed by atoms with Gasteiger partial charge in [0.05, 0.1) is 4.88 Å². The Balaban J connectivity index is 1.39. The highest BCUT2D eigenvalue weighted by Crippen LogP contribution is 2.31. The van der Waals surface area contributed by atoms with Crippen LogP contribution in [0.5, 0.6) is 11.0 Å². The number of ether oxygens (including phenoxy) is 1. The standard InChI is InChI=1S/C15H17N3O3S/c1-8-16-7-13(20-8)21-14-5-4-12(22-14)15(19)18-11-6-9-2-3-10(11)17-9/h4-5,7,9-11,17H,2-3,6H2,1H3,(H,18,19). The number of fused-ring (bicyclic) bond motifs is 2. The molecule has 1 amide bonds. The smallest absolute Gasteiger partial charge is 0.311 e. The van der Waals surface area contributed by atoms with Crippen LogP contribution in [0.25, 0.3) is 0 Å². The fourth-order valence-electron chi connectivity index (χ4n) is 3.21. The van der Waals surface area contributed by atoms with Gasteiger partial charge in [0.15, 0.2) is 11.0 Å². The predicted octanol–water partition coefficient (Wildman–Crippen LogP) is 2.46. The van der Waals surface area contributed by atoms with Gasteiger partial charge in [0.1, 0.15) is 6.20 Å². The molecular weight excluding hydrogens is 302 g/mol. The summed E-state index contributed by atoms with van der Waals surface area (Å²) in [7, 11) is 0. The van der Waals surface area contributed by atoms with Crippen LogP contribution in [0, 0.1) is 6.92 Å². The van der Waals surface area contributed by atoms with Crippen molar-refractivity contribution in [2.24, 2.45) is 0 Å². The Kier molecular flexibility index (Phi) is 3.38. The zero-order valence-corrected chi connectivity index (χ0v) is 13.0. The van der Waals surface area contributed by atoms with Gasteiger partial charge >= 0.3 is 5.95 Å². The zero-order chi connectivity index (χ0) is 15.1. The summed E-state index contributed by atoms with van der Waals surface area (Å²) in [5.74, 6) is 0.852. The van der Waals surface area contributed by atoms with Crippen LogP contribution in [-0.2, 0) is 0 Å². The van der Waals surface area contributed by atoms with E-state index < -0.39 is 0 Å². The number of aryl methyl sites for hydroxylation is 1. The van der Waals surface area contributed by atoms with Crippen molar-refractivity contribution in [1.29, 1.82) is 0 Å². The highest BCUT2D eigenvalue weighted by atomic mass is 32.1. The Morgan fingerprint density at radius 2 is 2.41 bits per heavy atom. The molecule has 2 fully saturated rings. The lowest BCUT2D eigenvalue weighted by atomic mass is 9.95. The maximum atomic E-state index is 12.3. The summed E-state index contributed by atoms with van der Waals surface area (Å²) in [4.78, 5) is 16.9. The number of carbonyl (C=O) groups is 1. The number of nitrogens with one attached hydrogen (secondary N) is 2. The predicted molar refractivity (Wildman–Crippen MR) is 81.4 cm³/mol. The number of amides is 1. The summed E-state index contributed by atoms with van der Waals surface area (Å²) < 4.78 is 10.8. The maximum absolute atomic E-state index is 12.3. The molecule has 0 aliphatic carbocycles. The third kappa shape index (κ3) is 2.62. The molecule has 2 bridgehead atoms. The van der Waals surface area contributed by atoms with Crippen molar-refractivity contribution in [3.63, 3.8) is 0 Å². The molecule has 4 rings (SSSR count). The number of rotatable bonds is 4. The molecule has 3 atom stereocenters. The van der Waals surface area contributed by atoms with Crippen molar-refractivity contribution >= 4 is 17.2 Å². The van der Waals surface area contributed by atoms with Crippen molar-refractivity contribution in [3.05, 3.63) is 29.1 Å². The number of nitrogens with zero attached hydrogens (tertiary/aromatic N) is 1. The first-order valence-electron chi connectivity index (χ1n) is 7.44. The van der Waals surface area contributed by atoms with E-state index in [2.05, 4.69) is 15.6 Å². The van der Waals surface area contributed by atoms with Gasteiger partial charge in [0.2, 0.25) is 0 Å². The van der Waals surface area contributed by atoms with Crippen LogP contribution >= 0.6 is 11.3 Å². The van der Waals surface area contributed by atoms with E-state index in [1.54, 1.807) is 19.1 Å². The molecule has 2 aliphatic rings. The van der Waals surface area contributed by atoms with E-state index >= 15 is 0 Å². The molecule has 2 aliphatic heterocycles. The summed E-state index contributed by atoms with van der Waals surface area (Å²) in [5, 5.41) is 7.26. The van der Waals surface area contributed by atoms with E-state index in [1.807, 2.05) is 0 Å². The van der Waals surface area contributed by atoms with Crippen molar-refractivity contribution in [1.82, 2.24) is 15.6 Å². The van der Waals surface area contributed by atoms with Crippen LogP contribution in [0.3, 0.4) is 0 Å².